The van der Waals surface area contributed by atoms with Gasteiger partial charge in [-0.1, -0.05) is 0 Å². The number of likely N-dealkylation sites (N-methyl/N-ethyl adjacent to an activating group) is 1. The average molecular weight is 147 g/mol. The highest BCUT2D eigenvalue weighted by Gasteiger charge is 2.39. The predicted octanol–water partition coefficient (Wildman–Crippen LogP) is 0.411. The minimum absolute atomic E-state index is 0.0456. The lowest BCUT2D eigenvalue weighted by atomic mass is 10.0. The van der Waals surface area contributed by atoms with E-state index in [-0.39, 0.29) is 12.1 Å². The summed E-state index contributed by atoms with van der Waals surface area (Å²) in [5, 5.41) is 8.91. The van der Waals surface area contributed by atoms with E-state index in [1.807, 2.05) is 18.9 Å². The van der Waals surface area contributed by atoms with Crippen LogP contribution in [0.3, 0.4) is 0 Å². The second-order valence-electron chi connectivity index (χ2n) is 3.34. The molecule has 0 saturated carbocycles. The molecule has 1 rings (SSSR count). The van der Waals surface area contributed by atoms with Gasteiger partial charge in [0.15, 0.2) is 0 Å². The van der Waals surface area contributed by atoms with Gasteiger partial charge in [0.1, 0.15) is 6.17 Å². The average Bonchev–Trinajstić information content (AvgIpc) is 2.09. The highest BCUT2D eigenvalue weighted by molar-refractivity contribution is 4.94. The Morgan fingerprint density at radius 1 is 1.80 bits per heavy atom. The summed E-state index contributed by atoms with van der Waals surface area (Å²) in [6.07, 6.45) is -0.304. The molecule has 0 spiro atoms. The number of hydrogen-bond donors (Lipinski definition) is 1. The zero-order valence-corrected chi connectivity index (χ0v) is 6.47. The highest BCUT2D eigenvalue weighted by Crippen LogP contribution is 2.28. The Hall–Kier alpha value is -0.150. The van der Waals surface area contributed by atoms with Gasteiger partial charge in [-0.05, 0) is 14.0 Å². The van der Waals surface area contributed by atoms with Crippen molar-refractivity contribution < 1.29 is 9.50 Å². The standard InChI is InChI=1S/C7H14FNO/c1-7(5-10)3-6(8)4-9(7)2/h6,10H,3-5H2,1-2H3. The van der Waals surface area contributed by atoms with E-state index in [4.69, 9.17) is 5.11 Å². The van der Waals surface area contributed by atoms with E-state index in [0.717, 1.165) is 0 Å². The van der Waals surface area contributed by atoms with E-state index >= 15 is 0 Å². The van der Waals surface area contributed by atoms with E-state index in [0.29, 0.717) is 13.0 Å². The van der Waals surface area contributed by atoms with Gasteiger partial charge in [0, 0.05) is 18.5 Å². The Kier molecular flexibility index (Phi) is 1.97. The molecule has 1 saturated heterocycles. The Bertz CT molecular complexity index is 131. The van der Waals surface area contributed by atoms with E-state index < -0.39 is 6.17 Å². The van der Waals surface area contributed by atoms with Crippen LogP contribution < -0.4 is 0 Å². The van der Waals surface area contributed by atoms with Crippen molar-refractivity contribution >= 4 is 0 Å². The maximum atomic E-state index is 12.7. The number of rotatable bonds is 1. The minimum atomic E-state index is -0.762. The van der Waals surface area contributed by atoms with Gasteiger partial charge >= 0.3 is 0 Å². The highest BCUT2D eigenvalue weighted by atomic mass is 19.1. The second kappa shape index (κ2) is 2.47. The molecular weight excluding hydrogens is 133 g/mol. The Balaban J connectivity index is 2.61. The second-order valence-corrected chi connectivity index (χ2v) is 3.34. The molecule has 1 fully saturated rings. The lowest BCUT2D eigenvalue weighted by Crippen LogP contribution is -2.41. The fourth-order valence-corrected chi connectivity index (χ4v) is 1.40. The van der Waals surface area contributed by atoms with E-state index in [9.17, 15) is 4.39 Å². The first-order valence-electron chi connectivity index (χ1n) is 3.55. The zero-order chi connectivity index (χ0) is 7.78. The van der Waals surface area contributed by atoms with Crippen molar-refractivity contribution in [2.75, 3.05) is 20.2 Å². The normalized spacial score (nSPS) is 42.6. The van der Waals surface area contributed by atoms with Crippen LogP contribution in [0, 0.1) is 0 Å². The van der Waals surface area contributed by atoms with Gasteiger partial charge < -0.3 is 5.11 Å². The molecule has 0 aromatic rings. The number of nitrogens with zero attached hydrogens (tertiary/aromatic N) is 1. The Morgan fingerprint density at radius 2 is 2.40 bits per heavy atom. The summed E-state index contributed by atoms with van der Waals surface area (Å²) in [7, 11) is 1.84. The van der Waals surface area contributed by atoms with Crippen LogP contribution in [0.25, 0.3) is 0 Å². The summed E-state index contributed by atoms with van der Waals surface area (Å²) in [5.74, 6) is 0. The molecule has 10 heavy (non-hydrogen) atoms. The molecule has 0 amide bonds. The lowest BCUT2D eigenvalue weighted by Gasteiger charge is -2.28. The summed E-state index contributed by atoms with van der Waals surface area (Å²) in [6.45, 7) is 2.38. The first-order chi connectivity index (χ1) is 4.58. The molecule has 0 aliphatic carbocycles. The molecule has 0 aromatic heterocycles. The number of aliphatic hydroxyl groups is 1. The smallest absolute Gasteiger partial charge is 0.115 e. The van der Waals surface area contributed by atoms with E-state index in [1.54, 1.807) is 0 Å². The van der Waals surface area contributed by atoms with Crippen LogP contribution in [0.15, 0.2) is 0 Å². The van der Waals surface area contributed by atoms with Crippen LogP contribution >= 0.6 is 0 Å². The maximum Gasteiger partial charge on any atom is 0.115 e. The molecule has 60 valence electrons. The topological polar surface area (TPSA) is 23.5 Å². The van der Waals surface area contributed by atoms with Gasteiger partial charge in [0.2, 0.25) is 0 Å². The van der Waals surface area contributed by atoms with Gasteiger partial charge in [-0.25, -0.2) is 4.39 Å². The van der Waals surface area contributed by atoms with Crippen molar-refractivity contribution in [2.24, 2.45) is 0 Å². The van der Waals surface area contributed by atoms with Crippen LogP contribution in [-0.4, -0.2) is 41.9 Å². The van der Waals surface area contributed by atoms with Gasteiger partial charge in [0.05, 0.1) is 6.61 Å². The molecule has 1 N–H and O–H groups in total. The van der Waals surface area contributed by atoms with Crippen LogP contribution in [0.1, 0.15) is 13.3 Å². The summed E-state index contributed by atoms with van der Waals surface area (Å²) in [6, 6.07) is 0. The molecule has 1 aliphatic heterocycles. The number of aliphatic hydroxyl groups excluding tert-OH is 1. The lowest BCUT2D eigenvalue weighted by molar-refractivity contribution is 0.0999. The van der Waals surface area contributed by atoms with Gasteiger partial charge in [0.25, 0.3) is 0 Å². The summed E-state index contributed by atoms with van der Waals surface area (Å²) < 4.78 is 12.7. The third-order valence-corrected chi connectivity index (χ3v) is 2.40. The first kappa shape index (κ1) is 7.95. The van der Waals surface area contributed by atoms with Crippen molar-refractivity contribution in [3.8, 4) is 0 Å². The molecule has 1 heterocycles. The summed E-state index contributed by atoms with van der Waals surface area (Å²) in [5.41, 5.74) is -0.320. The number of likely N-dealkylation sites (tertiary alicyclic amines) is 1. The monoisotopic (exact) mass is 147 g/mol. The molecule has 2 unspecified atom stereocenters. The molecule has 1 aliphatic rings. The van der Waals surface area contributed by atoms with Gasteiger partial charge in [-0.15, -0.1) is 0 Å². The summed E-state index contributed by atoms with van der Waals surface area (Å²) >= 11 is 0. The molecule has 0 aromatic carbocycles. The fourth-order valence-electron chi connectivity index (χ4n) is 1.40. The SMILES string of the molecule is CN1CC(F)CC1(C)CO. The van der Waals surface area contributed by atoms with Crippen LogP contribution in [0.5, 0.6) is 0 Å². The van der Waals surface area contributed by atoms with Crippen molar-refractivity contribution in [3.05, 3.63) is 0 Å². The quantitative estimate of drug-likeness (QED) is 0.580. The molecule has 0 bridgehead atoms. The molecule has 2 nitrogen and oxygen atoms in total. The Labute approximate surface area is 60.6 Å². The Morgan fingerprint density at radius 3 is 2.60 bits per heavy atom. The summed E-state index contributed by atoms with van der Waals surface area (Å²) in [4.78, 5) is 1.87. The minimum Gasteiger partial charge on any atom is -0.394 e. The van der Waals surface area contributed by atoms with Gasteiger partial charge in [-0.3, -0.25) is 4.90 Å². The predicted molar refractivity (Wildman–Crippen MR) is 37.6 cm³/mol. The van der Waals surface area contributed by atoms with Crippen molar-refractivity contribution in [1.29, 1.82) is 0 Å². The van der Waals surface area contributed by atoms with Crippen LogP contribution in [-0.2, 0) is 0 Å². The molecule has 3 heteroatoms. The largest absolute Gasteiger partial charge is 0.394 e. The molecular formula is C7H14FNO. The van der Waals surface area contributed by atoms with Crippen molar-refractivity contribution in [2.45, 2.75) is 25.1 Å². The fraction of sp³-hybridized carbons (Fsp3) is 1.00. The number of alkyl halides is 1. The van der Waals surface area contributed by atoms with E-state index in [2.05, 4.69) is 0 Å². The first-order valence-corrected chi connectivity index (χ1v) is 3.55. The molecule has 2 atom stereocenters. The maximum absolute atomic E-state index is 12.7. The third kappa shape index (κ3) is 1.16. The van der Waals surface area contributed by atoms with E-state index in [1.165, 1.54) is 0 Å². The molecule has 0 radical (unpaired) electrons. The number of hydrogen-bond acceptors (Lipinski definition) is 2. The third-order valence-electron chi connectivity index (χ3n) is 2.40. The van der Waals surface area contributed by atoms with Crippen LogP contribution in [0.4, 0.5) is 4.39 Å². The van der Waals surface area contributed by atoms with Crippen molar-refractivity contribution in [1.82, 2.24) is 4.90 Å². The number of halogens is 1. The van der Waals surface area contributed by atoms with Crippen LogP contribution in [0.2, 0.25) is 0 Å². The van der Waals surface area contributed by atoms with Crippen molar-refractivity contribution in [3.63, 3.8) is 0 Å². The van der Waals surface area contributed by atoms with Gasteiger partial charge in [-0.2, -0.15) is 0 Å². The zero-order valence-electron chi connectivity index (χ0n) is 6.47.